The third kappa shape index (κ3) is 4.98. The maximum atomic E-state index is 13.6. The zero-order chi connectivity index (χ0) is 21.2. The van der Waals surface area contributed by atoms with E-state index in [1.165, 1.54) is 27.4 Å². The highest BCUT2D eigenvalue weighted by Gasteiger charge is 2.30. The van der Waals surface area contributed by atoms with Crippen LogP contribution < -0.4 is 4.74 Å². The first-order valence-corrected chi connectivity index (χ1v) is 10.7. The van der Waals surface area contributed by atoms with Gasteiger partial charge in [0.05, 0.1) is 14.9 Å². The van der Waals surface area contributed by atoms with Crippen molar-refractivity contribution in [3.8, 4) is 5.75 Å². The summed E-state index contributed by atoms with van der Waals surface area (Å²) in [5.41, 5.74) is 0. The zero-order valence-corrected chi connectivity index (χ0v) is 17.3. The summed E-state index contributed by atoms with van der Waals surface area (Å²) in [7, 11) is -3.78. The molecule has 3 rings (SSSR count). The number of hydrogen-bond donors (Lipinski definition) is 0. The van der Waals surface area contributed by atoms with Gasteiger partial charge in [-0.25, -0.2) is 17.2 Å². The van der Waals surface area contributed by atoms with E-state index in [2.05, 4.69) is 0 Å². The highest BCUT2D eigenvalue weighted by molar-refractivity contribution is 7.89. The van der Waals surface area contributed by atoms with E-state index >= 15 is 0 Å². The number of rotatable bonds is 5. The monoisotopic (exact) mass is 464 g/mol. The van der Waals surface area contributed by atoms with Crippen molar-refractivity contribution in [2.24, 2.45) is 0 Å². The molecule has 0 unspecified atom stereocenters. The smallest absolute Gasteiger partial charge is 0.260 e. The minimum absolute atomic E-state index is 0.0156. The molecule has 1 heterocycles. The highest BCUT2D eigenvalue weighted by atomic mass is 35.5. The lowest BCUT2D eigenvalue weighted by Gasteiger charge is -2.34. The van der Waals surface area contributed by atoms with Crippen LogP contribution in [0.25, 0.3) is 0 Å². The van der Waals surface area contributed by atoms with Gasteiger partial charge in [-0.05, 0) is 30.3 Å². The van der Waals surface area contributed by atoms with Crippen LogP contribution in [0, 0.1) is 11.6 Å². The Hall–Kier alpha value is -1.94. The SMILES string of the molecule is O=C(COc1ccc(F)cc1F)N1CCN(S(=O)(=O)c2ccc(Cl)c(Cl)c2)CC1. The molecular weight excluding hydrogens is 449 g/mol. The third-order valence-corrected chi connectivity index (χ3v) is 7.00. The van der Waals surface area contributed by atoms with Crippen LogP contribution in [0.15, 0.2) is 41.3 Å². The van der Waals surface area contributed by atoms with Gasteiger partial charge in [0.2, 0.25) is 10.0 Å². The Morgan fingerprint density at radius 2 is 1.69 bits per heavy atom. The minimum atomic E-state index is -3.78. The fourth-order valence-electron chi connectivity index (χ4n) is 2.79. The summed E-state index contributed by atoms with van der Waals surface area (Å²) < 4.78 is 58.3. The van der Waals surface area contributed by atoms with Gasteiger partial charge in [0, 0.05) is 32.2 Å². The van der Waals surface area contributed by atoms with Crippen LogP contribution in [0.5, 0.6) is 5.75 Å². The van der Waals surface area contributed by atoms with Gasteiger partial charge in [-0.2, -0.15) is 4.31 Å². The van der Waals surface area contributed by atoms with E-state index in [4.69, 9.17) is 27.9 Å². The van der Waals surface area contributed by atoms with Gasteiger partial charge in [0.1, 0.15) is 5.82 Å². The molecule has 0 saturated carbocycles. The van der Waals surface area contributed by atoms with Crippen LogP contribution in [-0.2, 0) is 14.8 Å². The van der Waals surface area contributed by atoms with Crippen molar-refractivity contribution in [2.75, 3.05) is 32.8 Å². The van der Waals surface area contributed by atoms with Crippen molar-refractivity contribution in [3.63, 3.8) is 0 Å². The van der Waals surface area contributed by atoms with Gasteiger partial charge >= 0.3 is 0 Å². The third-order valence-electron chi connectivity index (χ3n) is 4.37. The Morgan fingerprint density at radius 1 is 1.00 bits per heavy atom. The average Bonchev–Trinajstić information content (AvgIpc) is 2.69. The van der Waals surface area contributed by atoms with E-state index in [0.717, 1.165) is 12.1 Å². The van der Waals surface area contributed by atoms with Crippen LogP contribution >= 0.6 is 23.2 Å². The van der Waals surface area contributed by atoms with Gasteiger partial charge in [-0.1, -0.05) is 23.2 Å². The molecule has 0 radical (unpaired) electrons. The van der Waals surface area contributed by atoms with Crippen LogP contribution in [0.4, 0.5) is 8.78 Å². The van der Waals surface area contributed by atoms with Gasteiger partial charge in [-0.3, -0.25) is 4.79 Å². The van der Waals surface area contributed by atoms with E-state index in [1.54, 1.807) is 0 Å². The van der Waals surface area contributed by atoms with Crippen LogP contribution in [0.2, 0.25) is 10.0 Å². The van der Waals surface area contributed by atoms with E-state index in [0.29, 0.717) is 6.07 Å². The summed E-state index contributed by atoms with van der Waals surface area (Å²) >= 11 is 11.7. The second kappa shape index (κ2) is 8.83. The van der Waals surface area contributed by atoms with Crippen molar-refractivity contribution in [3.05, 3.63) is 58.1 Å². The lowest BCUT2D eigenvalue weighted by Crippen LogP contribution is -2.51. The van der Waals surface area contributed by atoms with Crippen molar-refractivity contribution < 1.29 is 26.7 Å². The topological polar surface area (TPSA) is 66.9 Å². The Kier molecular flexibility index (Phi) is 6.62. The quantitative estimate of drug-likeness (QED) is 0.681. The lowest BCUT2D eigenvalue weighted by atomic mass is 10.3. The molecule has 0 N–H and O–H groups in total. The maximum absolute atomic E-state index is 13.6. The molecule has 0 aromatic heterocycles. The van der Waals surface area contributed by atoms with Gasteiger partial charge in [0.15, 0.2) is 18.2 Å². The Labute approximate surface area is 176 Å². The number of amides is 1. The normalized spacial score (nSPS) is 15.4. The molecule has 1 aliphatic rings. The molecule has 156 valence electrons. The number of sulfonamides is 1. The number of ether oxygens (including phenoxy) is 1. The summed E-state index contributed by atoms with van der Waals surface area (Å²) in [6.45, 7) is 0.0177. The molecule has 1 saturated heterocycles. The standard InChI is InChI=1S/C18H16Cl2F2N2O4S/c19-14-3-2-13(10-15(14)20)29(26,27)24-7-5-23(6-8-24)18(25)11-28-17-4-1-12(21)9-16(17)22/h1-4,9-10H,5-8,11H2. The number of nitrogens with zero attached hydrogens (tertiary/aromatic N) is 2. The molecule has 0 aliphatic carbocycles. The van der Waals surface area contributed by atoms with Gasteiger partial charge in [-0.15, -0.1) is 0 Å². The van der Waals surface area contributed by atoms with Gasteiger partial charge < -0.3 is 9.64 Å². The molecule has 29 heavy (non-hydrogen) atoms. The largest absolute Gasteiger partial charge is 0.481 e. The van der Waals surface area contributed by atoms with Crippen LogP contribution in [0.3, 0.4) is 0 Å². The summed E-state index contributed by atoms with van der Waals surface area (Å²) in [6.07, 6.45) is 0. The summed E-state index contributed by atoms with van der Waals surface area (Å²) in [4.78, 5) is 13.7. The molecule has 0 bridgehead atoms. The van der Waals surface area contributed by atoms with Crippen LogP contribution in [-0.4, -0.2) is 56.3 Å². The van der Waals surface area contributed by atoms with Crippen molar-refractivity contribution in [1.82, 2.24) is 9.21 Å². The maximum Gasteiger partial charge on any atom is 0.260 e. The molecular formula is C18H16Cl2F2N2O4S. The Bertz CT molecular complexity index is 1030. The fourth-order valence-corrected chi connectivity index (χ4v) is 4.60. The molecule has 1 amide bonds. The Morgan fingerprint density at radius 3 is 2.31 bits per heavy atom. The summed E-state index contributed by atoms with van der Waals surface area (Å²) in [5, 5.41) is 0.380. The van der Waals surface area contributed by atoms with E-state index in [1.807, 2.05) is 0 Å². The molecule has 0 spiro atoms. The molecule has 11 heteroatoms. The number of hydrogen-bond acceptors (Lipinski definition) is 4. The lowest BCUT2D eigenvalue weighted by molar-refractivity contribution is -0.134. The number of halogens is 4. The van der Waals surface area contributed by atoms with Crippen molar-refractivity contribution in [2.45, 2.75) is 4.90 Å². The Balaban J connectivity index is 1.58. The predicted molar refractivity (Wildman–Crippen MR) is 104 cm³/mol. The minimum Gasteiger partial charge on any atom is -0.481 e. The first-order chi connectivity index (χ1) is 13.7. The fraction of sp³-hybridized carbons (Fsp3) is 0.278. The summed E-state index contributed by atoms with van der Waals surface area (Å²) in [5.74, 6) is -2.32. The number of benzene rings is 2. The van der Waals surface area contributed by atoms with E-state index < -0.39 is 34.2 Å². The van der Waals surface area contributed by atoms with Crippen LogP contribution in [0.1, 0.15) is 0 Å². The number of carbonyl (C=O) groups is 1. The predicted octanol–water partition coefficient (Wildman–Crippen LogP) is 3.18. The van der Waals surface area contributed by atoms with Crippen molar-refractivity contribution >= 4 is 39.1 Å². The second-order valence-electron chi connectivity index (χ2n) is 6.22. The molecule has 0 atom stereocenters. The molecule has 1 aliphatic heterocycles. The van der Waals surface area contributed by atoms with E-state index in [-0.39, 0.29) is 46.9 Å². The van der Waals surface area contributed by atoms with Gasteiger partial charge in [0.25, 0.3) is 5.91 Å². The average molecular weight is 465 g/mol. The van der Waals surface area contributed by atoms with E-state index in [9.17, 15) is 22.0 Å². The molecule has 2 aromatic carbocycles. The molecule has 6 nitrogen and oxygen atoms in total. The molecule has 1 fully saturated rings. The van der Waals surface area contributed by atoms with Crippen molar-refractivity contribution in [1.29, 1.82) is 0 Å². The highest BCUT2D eigenvalue weighted by Crippen LogP contribution is 2.27. The second-order valence-corrected chi connectivity index (χ2v) is 8.98. The number of carbonyl (C=O) groups excluding carboxylic acids is 1. The zero-order valence-electron chi connectivity index (χ0n) is 14.9. The first kappa shape index (κ1) is 21.8. The first-order valence-electron chi connectivity index (χ1n) is 8.49. The number of piperazine rings is 1. The molecule has 2 aromatic rings. The summed E-state index contributed by atoms with van der Waals surface area (Å²) in [6, 6.07) is 6.83.